The monoisotopic (exact) mass is 256 g/mol. The molecule has 19 heavy (non-hydrogen) atoms. The molecule has 2 N–H and O–H groups in total. The number of H-pyrrole nitrogens is 1. The van der Waals surface area contributed by atoms with Gasteiger partial charge in [0.25, 0.3) is 0 Å². The molecule has 2 aromatic rings. The van der Waals surface area contributed by atoms with E-state index in [1.165, 1.54) is 12.0 Å². The molecule has 0 saturated carbocycles. The van der Waals surface area contributed by atoms with E-state index in [0.29, 0.717) is 6.54 Å². The quantitative estimate of drug-likeness (QED) is 0.764. The first kappa shape index (κ1) is 12.9. The standard InChI is InChI=1S/C13H16N6/c1-19(8-5-14)13-9-12(17-10-18-13)16-7-4-11-3-2-6-15-11/h2-3,6,9-10,15H,4,7-8H2,1H3,(H,16,17,18). The van der Waals surface area contributed by atoms with Gasteiger partial charge in [0.2, 0.25) is 0 Å². The fraction of sp³-hybridized carbons (Fsp3) is 0.308. The van der Waals surface area contributed by atoms with Gasteiger partial charge in [-0.3, -0.25) is 0 Å². The fourth-order valence-electron chi connectivity index (χ4n) is 1.69. The molecule has 0 spiro atoms. The van der Waals surface area contributed by atoms with E-state index < -0.39 is 0 Å². The molecule has 0 aliphatic heterocycles. The highest BCUT2D eigenvalue weighted by atomic mass is 15.2. The molecule has 0 aromatic carbocycles. The molecule has 0 fully saturated rings. The van der Waals surface area contributed by atoms with Gasteiger partial charge in [-0.05, 0) is 12.1 Å². The van der Waals surface area contributed by atoms with Gasteiger partial charge in [-0.1, -0.05) is 0 Å². The van der Waals surface area contributed by atoms with E-state index in [4.69, 9.17) is 5.26 Å². The third kappa shape index (κ3) is 3.71. The van der Waals surface area contributed by atoms with Crippen LogP contribution in [0.15, 0.2) is 30.7 Å². The van der Waals surface area contributed by atoms with E-state index >= 15 is 0 Å². The summed E-state index contributed by atoms with van der Waals surface area (Å²) in [6.07, 6.45) is 4.32. The highest BCUT2D eigenvalue weighted by Gasteiger charge is 2.03. The number of aromatic nitrogens is 3. The zero-order valence-corrected chi connectivity index (χ0v) is 10.8. The van der Waals surface area contributed by atoms with Crippen LogP contribution >= 0.6 is 0 Å². The van der Waals surface area contributed by atoms with Crippen molar-refractivity contribution in [2.45, 2.75) is 6.42 Å². The number of hydrogen-bond acceptors (Lipinski definition) is 5. The first-order valence-corrected chi connectivity index (χ1v) is 6.06. The lowest BCUT2D eigenvalue weighted by Crippen LogP contribution is -2.19. The number of nitriles is 1. The molecule has 0 radical (unpaired) electrons. The number of hydrogen-bond donors (Lipinski definition) is 2. The van der Waals surface area contributed by atoms with E-state index in [1.807, 2.05) is 31.4 Å². The minimum absolute atomic E-state index is 0.304. The predicted octanol–water partition coefficient (Wildman–Crippen LogP) is 1.42. The van der Waals surface area contributed by atoms with Crippen molar-refractivity contribution in [3.05, 3.63) is 36.4 Å². The maximum absolute atomic E-state index is 8.66. The number of nitrogens with one attached hydrogen (secondary N) is 2. The van der Waals surface area contributed by atoms with Gasteiger partial charge in [-0.2, -0.15) is 5.26 Å². The lowest BCUT2D eigenvalue weighted by Gasteiger charge is -2.14. The van der Waals surface area contributed by atoms with Gasteiger partial charge in [0, 0.05) is 38.0 Å². The van der Waals surface area contributed by atoms with Crippen molar-refractivity contribution in [3.8, 4) is 6.07 Å². The van der Waals surface area contributed by atoms with Crippen LogP contribution in [0.2, 0.25) is 0 Å². The van der Waals surface area contributed by atoms with Gasteiger partial charge in [0.1, 0.15) is 24.5 Å². The highest BCUT2D eigenvalue weighted by Crippen LogP contribution is 2.12. The number of rotatable bonds is 6. The van der Waals surface area contributed by atoms with Crippen molar-refractivity contribution >= 4 is 11.6 Å². The SMILES string of the molecule is CN(CC#N)c1cc(NCCc2ccc[nH]2)ncn1. The normalized spacial score (nSPS) is 9.89. The summed E-state index contributed by atoms with van der Waals surface area (Å²) in [4.78, 5) is 13.2. The van der Waals surface area contributed by atoms with Crippen molar-refractivity contribution < 1.29 is 0 Å². The molecule has 6 nitrogen and oxygen atoms in total. The minimum atomic E-state index is 0.304. The third-order valence-electron chi connectivity index (χ3n) is 2.71. The molecule has 0 aliphatic rings. The average molecular weight is 256 g/mol. The Balaban J connectivity index is 1.90. The molecule has 0 unspecified atom stereocenters. The Labute approximate surface area is 112 Å². The van der Waals surface area contributed by atoms with Crippen molar-refractivity contribution in [3.63, 3.8) is 0 Å². The van der Waals surface area contributed by atoms with E-state index in [1.54, 1.807) is 4.90 Å². The minimum Gasteiger partial charge on any atom is -0.370 e. The van der Waals surface area contributed by atoms with Crippen molar-refractivity contribution in [2.75, 3.05) is 30.4 Å². The summed E-state index contributed by atoms with van der Waals surface area (Å²) >= 11 is 0. The van der Waals surface area contributed by atoms with Crippen LogP contribution in [0.5, 0.6) is 0 Å². The highest BCUT2D eigenvalue weighted by molar-refractivity contribution is 5.48. The van der Waals surface area contributed by atoms with Crippen molar-refractivity contribution in [1.82, 2.24) is 15.0 Å². The van der Waals surface area contributed by atoms with Gasteiger partial charge >= 0.3 is 0 Å². The van der Waals surface area contributed by atoms with Crippen molar-refractivity contribution in [1.29, 1.82) is 5.26 Å². The Bertz CT molecular complexity index is 543. The Hall–Kier alpha value is -2.55. The van der Waals surface area contributed by atoms with Crippen LogP contribution in [0, 0.1) is 11.3 Å². The lowest BCUT2D eigenvalue weighted by atomic mass is 10.3. The molecule has 0 bridgehead atoms. The zero-order chi connectivity index (χ0) is 13.5. The third-order valence-corrected chi connectivity index (χ3v) is 2.71. The summed E-state index contributed by atoms with van der Waals surface area (Å²) in [5.74, 6) is 1.50. The molecular formula is C13H16N6. The largest absolute Gasteiger partial charge is 0.370 e. The molecule has 6 heteroatoms. The summed E-state index contributed by atoms with van der Waals surface area (Å²) in [5.41, 5.74) is 1.18. The topological polar surface area (TPSA) is 80.6 Å². The van der Waals surface area contributed by atoms with Crippen LogP contribution in [-0.2, 0) is 6.42 Å². The van der Waals surface area contributed by atoms with Crippen molar-refractivity contribution in [2.24, 2.45) is 0 Å². The van der Waals surface area contributed by atoms with Crippen LogP contribution in [0.25, 0.3) is 0 Å². The molecule has 0 aliphatic carbocycles. The fourth-order valence-corrected chi connectivity index (χ4v) is 1.69. The summed E-state index contributed by atoms with van der Waals surface area (Å²) in [6.45, 7) is 1.10. The maximum Gasteiger partial charge on any atom is 0.134 e. The number of anilines is 2. The zero-order valence-electron chi connectivity index (χ0n) is 10.8. The molecule has 2 heterocycles. The van der Waals surface area contributed by atoms with Crippen LogP contribution in [0.1, 0.15) is 5.69 Å². The van der Waals surface area contributed by atoms with Gasteiger partial charge in [0.05, 0.1) is 6.07 Å². The smallest absolute Gasteiger partial charge is 0.134 e. The van der Waals surface area contributed by atoms with Crippen LogP contribution in [-0.4, -0.2) is 35.1 Å². The average Bonchev–Trinajstić information content (AvgIpc) is 2.93. The Morgan fingerprint density at radius 1 is 1.47 bits per heavy atom. The second kappa shape index (κ2) is 6.40. The number of nitrogens with zero attached hydrogens (tertiary/aromatic N) is 4. The van der Waals surface area contributed by atoms with Gasteiger partial charge in [-0.15, -0.1) is 0 Å². The number of aromatic amines is 1. The second-order valence-electron chi connectivity index (χ2n) is 4.15. The second-order valence-corrected chi connectivity index (χ2v) is 4.15. The van der Waals surface area contributed by atoms with Crippen LogP contribution < -0.4 is 10.2 Å². The molecule has 0 saturated heterocycles. The molecule has 0 amide bonds. The Kier molecular flexibility index (Phi) is 4.34. The first-order chi connectivity index (χ1) is 9.29. The molecule has 0 atom stereocenters. The van der Waals surface area contributed by atoms with E-state index in [0.717, 1.165) is 24.6 Å². The molecule has 2 aromatic heterocycles. The molecular weight excluding hydrogens is 240 g/mol. The molecule has 2 rings (SSSR count). The van der Waals surface area contributed by atoms with Gasteiger partial charge in [-0.25, -0.2) is 9.97 Å². The van der Waals surface area contributed by atoms with E-state index in [9.17, 15) is 0 Å². The summed E-state index contributed by atoms with van der Waals surface area (Å²) in [5, 5.41) is 11.9. The maximum atomic E-state index is 8.66. The van der Waals surface area contributed by atoms with Gasteiger partial charge in [0.15, 0.2) is 0 Å². The first-order valence-electron chi connectivity index (χ1n) is 6.06. The van der Waals surface area contributed by atoms with E-state index in [-0.39, 0.29) is 0 Å². The predicted molar refractivity (Wildman–Crippen MR) is 73.9 cm³/mol. The van der Waals surface area contributed by atoms with Gasteiger partial charge < -0.3 is 15.2 Å². The Morgan fingerprint density at radius 3 is 3.11 bits per heavy atom. The van der Waals surface area contributed by atoms with Crippen LogP contribution in [0.3, 0.4) is 0 Å². The summed E-state index contributed by atoms with van der Waals surface area (Å²) < 4.78 is 0. The Morgan fingerprint density at radius 2 is 2.37 bits per heavy atom. The summed E-state index contributed by atoms with van der Waals surface area (Å²) in [6, 6.07) is 7.96. The van der Waals surface area contributed by atoms with Crippen LogP contribution in [0.4, 0.5) is 11.6 Å². The summed E-state index contributed by atoms with van der Waals surface area (Å²) in [7, 11) is 1.83. The molecule has 98 valence electrons. The van der Waals surface area contributed by atoms with E-state index in [2.05, 4.69) is 26.3 Å². The lowest BCUT2D eigenvalue weighted by molar-refractivity contribution is 0.950.